The number of hydrazone groups is 1. The maximum absolute atomic E-state index is 11.8. The van der Waals surface area contributed by atoms with Crippen LogP contribution in [0.2, 0.25) is 0 Å². The molecule has 0 aliphatic rings. The number of ether oxygens (including phenoxy) is 2. The van der Waals surface area contributed by atoms with Gasteiger partial charge in [0, 0.05) is 5.69 Å². The van der Waals surface area contributed by atoms with Crippen molar-refractivity contribution < 1.29 is 24.6 Å². The molecule has 2 aromatic rings. The lowest BCUT2D eigenvalue weighted by atomic mass is 10.1. The molecular formula is C19H23N3O5. The molecule has 27 heavy (non-hydrogen) atoms. The van der Waals surface area contributed by atoms with Gasteiger partial charge in [0.1, 0.15) is 0 Å². The average Bonchev–Trinajstić information content (AvgIpc) is 2.67. The number of nitrogens with zero attached hydrogens (tertiary/aromatic N) is 1. The van der Waals surface area contributed by atoms with Crippen molar-refractivity contribution >= 4 is 17.9 Å². The smallest absolute Gasteiger partial charge is 0.330 e. The lowest BCUT2D eigenvalue weighted by molar-refractivity contribution is -0.138. The SMILES string of the molecule is CCOc1ccc(C(Nc2ccc(/C=N\NO)cc2)C(=O)O)cc1OCC. The molecule has 8 nitrogen and oxygen atoms in total. The maximum Gasteiger partial charge on any atom is 0.330 e. The minimum Gasteiger partial charge on any atom is -0.490 e. The summed E-state index contributed by atoms with van der Waals surface area (Å²) >= 11 is 0. The van der Waals surface area contributed by atoms with E-state index in [1.54, 1.807) is 48.1 Å². The number of carbonyl (C=O) groups is 1. The van der Waals surface area contributed by atoms with E-state index in [2.05, 4.69) is 10.4 Å². The second-order valence-electron chi connectivity index (χ2n) is 5.47. The Labute approximate surface area is 157 Å². The number of rotatable bonds is 10. The van der Waals surface area contributed by atoms with Crippen LogP contribution in [0.25, 0.3) is 0 Å². The molecule has 0 heterocycles. The summed E-state index contributed by atoms with van der Waals surface area (Å²) in [7, 11) is 0. The van der Waals surface area contributed by atoms with Crippen LogP contribution in [0.4, 0.5) is 5.69 Å². The van der Waals surface area contributed by atoms with Gasteiger partial charge in [-0.25, -0.2) is 4.79 Å². The first-order chi connectivity index (χ1) is 13.1. The Bertz CT molecular complexity index is 777. The van der Waals surface area contributed by atoms with Crippen molar-refractivity contribution in [2.24, 2.45) is 5.10 Å². The highest BCUT2D eigenvalue weighted by Crippen LogP contribution is 2.32. The fourth-order valence-electron chi connectivity index (χ4n) is 2.47. The molecule has 0 aromatic heterocycles. The van der Waals surface area contributed by atoms with Gasteiger partial charge in [-0.15, -0.1) is 0 Å². The summed E-state index contributed by atoms with van der Waals surface area (Å²) in [5.74, 6) is 0.0677. The van der Waals surface area contributed by atoms with Crippen LogP contribution >= 0.6 is 0 Å². The summed E-state index contributed by atoms with van der Waals surface area (Å²) in [5, 5.41) is 24.6. The third-order valence-corrected chi connectivity index (χ3v) is 3.64. The zero-order valence-corrected chi connectivity index (χ0v) is 15.2. The van der Waals surface area contributed by atoms with Gasteiger partial charge in [0.05, 0.1) is 19.4 Å². The Balaban J connectivity index is 2.25. The predicted molar refractivity (Wildman–Crippen MR) is 102 cm³/mol. The Morgan fingerprint density at radius 1 is 1.11 bits per heavy atom. The highest BCUT2D eigenvalue weighted by molar-refractivity contribution is 5.82. The van der Waals surface area contributed by atoms with Crippen molar-refractivity contribution in [3.05, 3.63) is 53.6 Å². The predicted octanol–water partition coefficient (Wildman–Crippen LogP) is 3.03. The van der Waals surface area contributed by atoms with E-state index in [0.29, 0.717) is 36.0 Å². The van der Waals surface area contributed by atoms with Gasteiger partial charge in [0.25, 0.3) is 0 Å². The molecule has 4 N–H and O–H groups in total. The fraction of sp³-hybridized carbons (Fsp3) is 0.263. The highest BCUT2D eigenvalue weighted by atomic mass is 16.5. The van der Waals surface area contributed by atoms with Crippen molar-refractivity contribution in [3.8, 4) is 11.5 Å². The molecule has 0 amide bonds. The van der Waals surface area contributed by atoms with E-state index < -0.39 is 12.0 Å². The summed E-state index contributed by atoms with van der Waals surface area (Å²) in [4.78, 5) is 11.8. The number of benzene rings is 2. The van der Waals surface area contributed by atoms with Crippen molar-refractivity contribution in [1.82, 2.24) is 5.59 Å². The number of carboxylic acids is 1. The molecule has 8 heteroatoms. The molecule has 0 bridgehead atoms. The molecular weight excluding hydrogens is 350 g/mol. The van der Waals surface area contributed by atoms with E-state index in [4.69, 9.17) is 14.7 Å². The second kappa shape index (κ2) is 10.0. The summed E-state index contributed by atoms with van der Waals surface area (Å²) in [6.07, 6.45) is 1.43. The van der Waals surface area contributed by atoms with E-state index in [1.165, 1.54) is 6.21 Å². The molecule has 0 aliphatic carbocycles. The molecule has 1 atom stereocenters. The van der Waals surface area contributed by atoms with Crippen molar-refractivity contribution in [2.45, 2.75) is 19.9 Å². The average molecular weight is 373 g/mol. The van der Waals surface area contributed by atoms with Gasteiger partial charge in [-0.1, -0.05) is 18.2 Å². The van der Waals surface area contributed by atoms with Crippen LogP contribution < -0.4 is 20.4 Å². The quantitative estimate of drug-likeness (QED) is 0.374. The second-order valence-corrected chi connectivity index (χ2v) is 5.47. The summed E-state index contributed by atoms with van der Waals surface area (Å²) < 4.78 is 11.1. The molecule has 0 saturated heterocycles. The van der Waals surface area contributed by atoms with Crippen molar-refractivity contribution in [3.63, 3.8) is 0 Å². The molecule has 1 unspecified atom stereocenters. The molecule has 0 saturated carbocycles. The Morgan fingerprint density at radius 3 is 2.37 bits per heavy atom. The Hall–Kier alpha value is -3.26. The standard InChI is InChI=1S/C19H23N3O5/c1-3-26-16-10-7-14(11-17(16)27-4-2)18(19(23)24)21-15-8-5-13(6-9-15)12-20-22-25/h5-12,18,21-22,25H,3-4H2,1-2H3,(H,23,24)/b20-12-. The lowest BCUT2D eigenvalue weighted by Crippen LogP contribution is -2.20. The van der Waals surface area contributed by atoms with E-state index >= 15 is 0 Å². The monoisotopic (exact) mass is 373 g/mol. The number of hydrogen-bond acceptors (Lipinski definition) is 7. The van der Waals surface area contributed by atoms with Crippen LogP contribution in [-0.4, -0.2) is 35.7 Å². The van der Waals surface area contributed by atoms with Gasteiger partial charge in [0.15, 0.2) is 17.5 Å². The summed E-state index contributed by atoms with van der Waals surface area (Å²) in [5.41, 5.74) is 3.60. The number of carboxylic acid groups (broad SMARTS) is 1. The minimum absolute atomic E-state index is 0.445. The van der Waals surface area contributed by atoms with E-state index in [1.807, 2.05) is 13.8 Å². The normalized spacial score (nSPS) is 11.8. The van der Waals surface area contributed by atoms with Gasteiger partial charge >= 0.3 is 5.97 Å². The Morgan fingerprint density at radius 2 is 1.78 bits per heavy atom. The van der Waals surface area contributed by atoms with Crippen LogP contribution in [0.1, 0.15) is 31.0 Å². The third-order valence-electron chi connectivity index (χ3n) is 3.64. The number of nitrogens with one attached hydrogen (secondary N) is 2. The summed E-state index contributed by atoms with van der Waals surface area (Å²) in [6, 6.07) is 11.1. The van der Waals surface area contributed by atoms with Crippen LogP contribution in [0.15, 0.2) is 47.6 Å². The minimum atomic E-state index is -1.02. The molecule has 0 fully saturated rings. The van der Waals surface area contributed by atoms with Crippen LogP contribution in [0.5, 0.6) is 11.5 Å². The van der Waals surface area contributed by atoms with Gasteiger partial charge in [-0.3, -0.25) is 5.21 Å². The van der Waals surface area contributed by atoms with E-state index in [-0.39, 0.29) is 0 Å². The van der Waals surface area contributed by atoms with Crippen molar-refractivity contribution in [1.29, 1.82) is 0 Å². The van der Waals surface area contributed by atoms with Crippen LogP contribution in [0.3, 0.4) is 0 Å². The lowest BCUT2D eigenvalue weighted by Gasteiger charge is -2.18. The first-order valence-corrected chi connectivity index (χ1v) is 8.50. The molecule has 2 rings (SSSR count). The Kier molecular flexibility index (Phi) is 7.45. The zero-order valence-electron chi connectivity index (χ0n) is 15.2. The van der Waals surface area contributed by atoms with Gasteiger partial charge < -0.3 is 19.9 Å². The van der Waals surface area contributed by atoms with Gasteiger partial charge in [0.2, 0.25) is 0 Å². The van der Waals surface area contributed by atoms with Gasteiger partial charge in [-0.2, -0.15) is 10.7 Å². The van der Waals surface area contributed by atoms with E-state index in [0.717, 1.165) is 5.56 Å². The van der Waals surface area contributed by atoms with Crippen molar-refractivity contribution in [2.75, 3.05) is 18.5 Å². The van der Waals surface area contributed by atoms with Crippen LogP contribution in [-0.2, 0) is 4.79 Å². The molecule has 0 radical (unpaired) electrons. The molecule has 0 aliphatic heterocycles. The highest BCUT2D eigenvalue weighted by Gasteiger charge is 2.21. The maximum atomic E-state index is 11.8. The number of anilines is 1. The largest absolute Gasteiger partial charge is 0.490 e. The third kappa shape index (κ3) is 5.61. The molecule has 2 aromatic carbocycles. The topological polar surface area (TPSA) is 112 Å². The fourth-order valence-corrected chi connectivity index (χ4v) is 2.47. The first-order valence-electron chi connectivity index (χ1n) is 8.50. The zero-order chi connectivity index (χ0) is 19.6. The molecule has 144 valence electrons. The van der Waals surface area contributed by atoms with Gasteiger partial charge in [-0.05, 0) is 49.2 Å². The van der Waals surface area contributed by atoms with Crippen LogP contribution in [0, 0.1) is 0 Å². The van der Waals surface area contributed by atoms with E-state index in [9.17, 15) is 9.90 Å². The first kappa shape index (κ1) is 20.1. The number of hydrogen-bond donors (Lipinski definition) is 4. The molecule has 0 spiro atoms. The summed E-state index contributed by atoms with van der Waals surface area (Å²) in [6.45, 7) is 4.66. The number of aliphatic carboxylic acids is 1.